The van der Waals surface area contributed by atoms with Gasteiger partial charge >= 0.3 is 6.03 Å². The van der Waals surface area contributed by atoms with Gasteiger partial charge in [-0.3, -0.25) is 0 Å². The van der Waals surface area contributed by atoms with Crippen LogP contribution in [0.25, 0.3) is 0 Å². The summed E-state index contributed by atoms with van der Waals surface area (Å²) in [5.74, 6) is 2.22. The molecule has 0 radical (unpaired) electrons. The Balaban J connectivity index is 1.75. The van der Waals surface area contributed by atoms with E-state index >= 15 is 0 Å². The van der Waals surface area contributed by atoms with Gasteiger partial charge in [0, 0.05) is 31.4 Å². The van der Waals surface area contributed by atoms with Crippen molar-refractivity contribution in [1.82, 2.24) is 15.3 Å². The van der Waals surface area contributed by atoms with E-state index in [4.69, 9.17) is 0 Å². The van der Waals surface area contributed by atoms with E-state index in [0.29, 0.717) is 18.9 Å². The minimum absolute atomic E-state index is 0.227. The van der Waals surface area contributed by atoms with Crippen molar-refractivity contribution >= 4 is 23.4 Å². The Morgan fingerprint density at radius 3 is 2.50 bits per heavy atom. The maximum absolute atomic E-state index is 11.8. The molecule has 128 valence electrons. The number of amides is 2. The third-order valence-electron chi connectivity index (χ3n) is 3.19. The fourth-order valence-electron chi connectivity index (χ4n) is 2.19. The normalized spacial score (nSPS) is 10.1. The Morgan fingerprint density at radius 2 is 1.79 bits per heavy atom. The van der Waals surface area contributed by atoms with Crippen LogP contribution in [-0.4, -0.2) is 35.6 Å². The summed E-state index contributed by atoms with van der Waals surface area (Å²) in [6.07, 6.45) is 0. The molecule has 0 saturated carbocycles. The molecule has 1 heterocycles. The molecule has 0 spiro atoms. The number of benzene rings is 1. The molecule has 4 N–H and O–H groups in total. The maximum Gasteiger partial charge on any atom is 0.319 e. The van der Waals surface area contributed by atoms with Crippen molar-refractivity contribution in [2.45, 2.75) is 20.8 Å². The Morgan fingerprint density at radius 1 is 1.04 bits per heavy atom. The largest absolute Gasteiger partial charge is 0.370 e. The van der Waals surface area contributed by atoms with Gasteiger partial charge in [-0.2, -0.15) is 0 Å². The number of hydrogen-bond acceptors (Lipinski definition) is 5. The van der Waals surface area contributed by atoms with Gasteiger partial charge in [-0.05, 0) is 38.5 Å². The van der Waals surface area contributed by atoms with Crippen molar-refractivity contribution in [3.05, 3.63) is 41.7 Å². The number of nitrogens with one attached hydrogen (secondary N) is 4. The first-order chi connectivity index (χ1) is 11.6. The zero-order chi connectivity index (χ0) is 17.4. The van der Waals surface area contributed by atoms with Crippen molar-refractivity contribution in [1.29, 1.82) is 0 Å². The molecule has 0 bridgehead atoms. The van der Waals surface area contributed by atoms with Crippen LogP contribution in [0, 0.1) is 13.8 Å². The molecule has 7 heteroatoms. The first-order valence-electron chi connectivity index (χ1n) is 8.02. The highest BCUT2D eigenvalue weighted by molar-refractivity contribution is 5.89. The molecule has 0 unspecified atom stereocenters. The van der Waals surface area contributed by atoms with Gasteiger partial charge in [0.05, 0.1) is 0 Å². The summed E-state index contributed by atoms with van der Waals surface area (Å²) in [6, 6.07) is 9.29. The molecular weight excluding hydrogens is 304 g/mol. The molecule has 0 aliphatic rings. The maximum atomic E-state index is 11.8. The lowest BCUT2D eigenvalue weighted by Gasteiger charge is -2.11. The predicted molar refractivity (Wildman–Crippen MR) is 97.6 cm³/mol. The van der Waals surface area contributed by atoms with Gasteiger partial charge in [-0.1, -0.05) is 12.1 Å². The van der Waals surface area contributed by atoms with E-state index in [2.05, 4.69) is 31.2 Å². The summed E-state index contributed by atoms with van der Waals surface area (Å²) in [4.78, 5) is 20.5. The van der Waals surface area contributed by atoms with Gasteiger partial charge in [-0.25, -0.2) is 14.8 Å². The van der Waals surface area contributed by atoms with E-state index < -0.39 is 0 Å². The SMILES string of the molecule is CCNc1cc(NCCNC(=O)Nc2cccc(C)c2)nc(C)n1. The molecule has 2 rings (SSSR count). The van der Waals surface area contributed by atoms with Crippen LogP contribution in [0.15, 0.2) is 30.3 Å². The molecule has 0 atom stereocenters. The average Bonchev–Trinajstić information content (AvgIpc) is 2.51. The van der Waals surface area contributed by atoms with E-state index in [9.17, 15) is 4.79 Å². The minimum Gasteiger partial charge on any atom is -0.370 e. The highest BCUT2D eigenvalue weighted by atomic mass is 16.2. The fourth-order valence-corrected chi connectivity index (χ4v) is 2.19. The number of urea groups is 1. The Hall–Kier alpha value is -2.83. The highest BCUT2D eigenvalue weighted by Gasteiger charge is 2.03. The van der Waals surface area contributed by atoms with Crippen LogP contribution in [-0.2, 0) is 0 Å². The summed E-state index contributed by atoms with van der Waals surface area (Å²) in [6.45, 7) is 7.70. The van der Waals surface area contributed by atoms with Gasteiger partial charge in [0.2, 0.25) is 0 Å². The van der Waals surface area contributed by atoms with E-state index in [0.717, 1.165) is 29.4 Å². The lowest BCUT2D eigenvalue weighted by molar-refractivity contribution is 0.252. The molecule has 0 aliphatic heterocycles. The predicted octanol–water partition coefficient (Wildman–Crippen LogP) is 2.76. The van der Waals surface area contributed by atoms with Crippen LogP contribution in [0.3, 0.4) is 0 Å². The quantitative estimate of drug-likeness (QED) is 0.587. The van der Waals surface area contributed by atoms with Crippen LogP contribution in [0.5, 0.6) is 0 Å². The molecule has 0 saturated heterocycles. The third kappa shape index (κ3) is 5.75. The molecule has 0 fully saturated rings. The monoisotopic (exact) mass is 328 g/mol. The second-order valence-corrected chi connectivity index (χ2v) is 5.39. The summed E-state index contributed by atoms with van der Waals surface area (Å²) >= 11 is 0. The second kappa shape index (κ2) is 8.71. The number of carbonyl (C=O) groups is 1. The first-order valence-corrected chi connectivity index (χ1v) is 8.02. The minimum atomic E-state index is -0.227. The van der Waals surface area contributed by atoms with E-state index in [1.807, 2.05) is 51.1 Å². The van der Waals surface area contributed by atoms with Crippen LogP contribution in [0.4, 0.5) is 22.1 Å². The Labute approximate surface area is 142 Å². The second-order valence-electron chi connectivity index (χ2n) is 5.39. The average molecular weight is 328 g/mol. The van der Waals surface area contributed by atoms with Gasteiger partial charge < -0.3 is 21.3 Å². The van der Waals surface area contributed by atoms with Crippen molar-refractivity contribution in [2.24, 2.45) is 0 Å². The fraction of sp³-hybridized carbons (Fsp3) is 0.353. The standard InChI is InChI=1S/C17H24N6O/c1-4-18-15-11-16(22-13(3)21-15)19-8-9-20-17(24)23-14-7-5-6-12(2)10-14/h5-7,10-11H,4,8-9H2,1-3H3,(H2,20,23,24)(H2,18,19,21,22). The van der Waals surface area contributed by atoms with Gasteiger partial charge in [-0.15, -0.1) is 0 Å². The molecule has 7 nitrogen and oxygen atoms in total. The smallest absolute Gasteiger partial charge is 0.319 e. The first kappa shape index (κ1) is 17.5. The highest BCUT2D eigenvalue weighted by Crippen LogP contribution is 2.10. The summed E-state index contributed by atoms with van der Waals surface area (Å²) in [7, 11) is 0. The number of rotatable bonds is 7. The number of nitrogens with zero attached hydrogens (tertiary/aromatic N) is 2. The molecular formula is C17H24N6O. The van der Waals surface area contributed by atoms with Gasteiger partial charge in [0.15, 0.2) is 0 Å². The van der Waals surface area contributed by atoms with Crippen molar-refractivity contribution in [3.8, 4) is 0 Å². The van der Waals surface area contributed by atoms with Crippen molar-refractivity contribution < 1.29 is 4.79 Å². The molecule has 1 aromatic carbocycles. The lowest BCUT2D eigenvalue weighted by Crippen LogP contribution is -2.32. The summed E-state index contributed by atoms with van der Waals surface area (Å²) < 4.78 is 0. The van der Waals surface area contributed by atoms with E-state index in [-0.39, 0.29) is 6.03 Å². The lowest BCUT2D eigenvalue weighted by atomic mass is 10.2. The van der Waals surface area contributed by atoms with Gasteiger partial charge in [0.25, 0.3) is 0 Å². The van der Waals surface area contributed by atoms with Gasteiger partial charge in [0.1, 0.15) is 17.5 Å². The van der Waals surface area contributed by atoms with Crippen LogP contribution in [0.2, 0.25) is 0 Å². The molecule has 2 amide bonds. The number of carbonyl (C=O) groups excluding carboxylic acids is 1. The Kier molecular flexibility index (Phi) is 6.36. The summed E-state index contributed by atoms with van der Waals surface area (Å²) in [5.41, 5.74) is 1.88. The van der Waals surface area contributed by atoms with Crippen LogP contribution < -0.4 is 21.3 Å². The van der Waals surface area contributed by atoms with E-state index in [1.54, 1.807) is 0 Å². The van der Waals surface area contributed by atoms with Crippen LogP contribution >= 0.6 is 0 Å². The van der Waals surface area contributed by atoms with Crippen molar-refractivity contribution in [2.75, 3.05) is 35.6 Å². The molecule has 1 aromatic heterocycles. The molecule has 24 heavy (non-hydrogen) atoms. The van der Waals surface area contributed by atoms with E-state index in [1.165, 1.54) is 0 Å². The number of aryl methyl sites for hydroxylation is 2. The zero-order valence-corrected chi connectivity index (χ0v) is 14.3. The zero-order valence-electron chi connectivity index (χ0n) is 14.3. The topological polar surface area (TPSA) is 91.0 Å². The number of hydrogen-bond donors (Lipinski definition) is 4. The third-order valence-corrected chi connectivity index (χ3v) is 3.19. The summed E-state index contributed by atoms with van der Waals surface area (Å²) in [5, 5.41) is 11.9. The Bertz CT molecular complexity index is 689. The van der Waals surface area contributed by atoms with Crippen molar-refractivity contribution in [3.63, 3.8) is 0 Å². The number of anilines is 3. The number of aromatic nitrogens is 2. The molecule has 2 aromatic rings. The van der Waals surface area contributed by atoms with Crippen LogP contribution in [0.1, 0.15) is 18.3 Å². The molecule has 0 aliphatic carbocycles.